The van der Waals surface area contributed by atoms with Crippen molar-refractivity contribution >= 4 is 29.3 Å². The molecule has 9 nitrogen and oxygen atoms in total. The highest BCUT2D eigenvalue weighted by molar-refractivity contribution is 6.14. The highest BCUT2D eigenvalue weighted by Crippen LogP contribution is 2.27. The van der Waals surface area contributed by atoms with Crippen molar-refractivity contribution in [3.8, 4) is 0 Å². The van der Waals surface area contributed by atoms with Crippen molar-refractivity contribution in [1.29, 1.82) is 0 Å². The van der Waals surface area contributed by atoms with E-state index in [9.17, 15) is 25.0 Å². The molecule has 1 aliphatic heterocycles. The minimum absolute atomic E-state index is 0.0290. The monoisotopic (exact) mass is 524 g/mol. The molecule has 1 heterocycles. The van der Waals surface area contributed by atoms with E-state index in [0.29, 0.717) is 41.8 Å². The summed E-state index contributed by atoms with van der Waals surface area (Å²) in [6.07, 6.45) is 4.19. The highest BCUT2D eigenvalue weighted by Gasteiger charge is 2.29. The van der Waals surface area contributed by atoms with Gasteiger partial charge in [0.1, 0.15) is 0 Å². The van der Waals surface area contributed by atoms with Crippen LogP contribution in [0.2, 0.25) is 0 Å². The molecule has 0 spiro atoms. The average molecular weight is 525 g/mol. The van der Waals surface area contributed by atoms with Gasteiger partial charge in [0.15, 0.2) is 5.78 Å². The lowest BCUT2D eigenvalue weighted by molar-refractivity contribution is -0.385. The number of nitro groups is 2. The molecule has 3 aromatic carbocycles. The standard InChI is InChI=1S/C30H28N4O5/c1-21(29(31-2)18-22-6-4-3-5-7-22)32-19-25(16-23-8-12-27(13-9-23)33(36)37)30(35)26(20-32)17-24-10-14-28(15-11-24)34(38)39/h3-17,29,31H,1,18-20H2,2H3/b25-16+,26-17+/t29-/m0/s1. The number of nitro benzene ring substituents is 2. The number of ketones is 1. The summed E-state index contributed by atoms with van der Waals surface area (Å²) >= 11 is 0. The van der Waals surface area contributed by atoms with Gasteiger partial charge in [-0.2, -0.15) is 0 Å². The van der Waals surface area contributed by atoms with E-state index in [0.717, 1.165) is 11.3 Å². The summed E-state index contributed by atoms with van der Waals surface area (Å²) in [5, 5.41) is 25.4. The Morgan fingerprint density at radius 2 is 1.33 bits per heavy atom. The predicted octanol–water partition coefficient (Wildman–Crippen LogP) is 5.20. The van der Waals surface area contributed by atoms with Crippen LogP contribution in [-0.2, 0) is 11.2 Å². The fourth-order valence-corrected chi connectivity index (χ4v) is 4.49. The van der Waals surface area contributed by atoms with Gasteiger partial charge in [-0.15, -0.1) is 0 Å². The fourth-order valence-electron chi connectivity index (χ4n) is 4.49. The number of carbonyl (C=O) groups excluding carboxylic acids is 1. The number of hydrogen-bond acceptors (Lipinski definition) is 7. The Morgan fingerprint density at radius 3 is 1.74 bits per heavy atom. The van der Waals surface area contributed by atoms with Crippen LogP contribution < -0.4 is 5.32 Å². The molecule has 0 aliphatic carbocycles. The number of likely N-dealkylation sites (N-methyl/N-ethyl adjacent to an activating group) is 1. The summed E-state index contributed by atoms with van der Waals surface area (Å²) in [6.45, 7) is 5.00. The highest BCUT2D eigenvalue weighted by atomic mass is 16.6. The molecule has 0 bridgehead atoms. The lowest BCUT2D eigenvalue weighted by atomic mass is 9.92. The van der Waals surface area contributed by atoms with Crippen LogP contribution in [0.5, 0.6) is 0 Å². The molecule has 1 atom stereocenters. The van der Waals surface area contributed by atoms with Gasteiger partial charge >= 0.3 is 0 Å². The molecule has 39 heavy (non-hydrogen) atoms. The third-order valence-corrected chi connectivity index (χ3v) is 6.63. The molecule has 0 saturated carbocycles. The van der Waals surface area contributed by atoms with Crippen molar-refractivity contribution in [2.45, 2.75) is 12.5 Å². The van der Waals surface area contributed by atoms with Crippen LogP contribution in [0.3, 0.4) is 0 Å². The van der Waals surface area contributed by atoms with Gasteiger partial charge in [-0.1, -0.05) is 36.9 Å². The fraction of sp³-hybridized carbons (Fsp3) is 0.167. The van der Waals surface area contributed by atoms with Crippen molar-refractivity contribution in [1.82, 2.24) is 10.2 Å². The average Bonchev–Trinajstić information content (AvgIpc) is 2.94. The van der Waals surface area contributed by atoms with Gasteiger partial charge in [0.05, 0.1) is 15.9 Å². The van der Waals surface area contributed by atoms with Gasteiger partial charge in [0, 0.05) is 54.2 Å². The lowest BCUT2D eigenvalue weighted by Crippen LogP contribution is -2.43. The SMILES string of the molecule is C=C([C@H](Cc1ccccc1)NC)N1C/C(=C\c2ccc([N+](=O)[O-])cc2)C(=O)/C(=C/c2ccc([N+](=O)[O-])cc2)C1. The molecule has 1 saturated heterocycles. The van der Waals surface area contributed by atoms with Crippen molar-refractivity contribution in [3.63, 3.8) is 0 Å². The van der Waals surface area contributed by atoms with Crippen molar-refractivity contribution in [2.24, 2.45) is 0 Å². The molecule has 0 amide bonds. The molecule has 1 aliphatic rings. The van der Waals surface area contributed by atoms with Gasteiger partial charge < -0.3 is 10.2 Å². The van der Waals surface area contributed by atoms with E-state index in [2.05, 4.69) is 24.0 Å². The number of non-ortho nitro benzene ring substituents is 2. The summed E-state index contributed by atoms with van der Waals surface area (Å²) in [4.78, 5) is 36.7. The van der Waals surface area contributed by atoms with E-state index in [1.165, 1.54) is 24.3 Å². The van der Waals surface area contributed by atoms with Crippen LogP contribution in [0, 0.1) is 20.2 Å². The second kappa shape index (κ2) is 12.1. The Hall–Kier alpha value is -4.89. The number of nitrogens with zero attached hydrogens (tertiary/aromatic N) is 3. The van der Waals surface area contributed by atoms with E-state index in [4.69, 9.17) is 0 Å². The molecule has 9 heteroatoms. The molecular formula is C30H28N4O5. The number of rotatable bonds is 9. The normalized spacial score (nSPS) is 16.3. The van der Waals surface area contributed by atoms with Crippen LogP contribution >= 0.6 is 0 Å². The zero-order valence-corrected chi connectivity index (χ0v) is 21.4. The summed E-state index contributed by atoms with van der Waals surface area (Å²) in [7, 11) is 1.87. The van der Waals surface area contributed by atoms with Crippen LogP contribution in [0.15, 0.2) is 102 Å². The third-order valence-electron chi connectivity index (χ3n) is 6.63. The van der Waals surface area contributed by atoms with Crippen LogP contribution in [0.1, 0.15) is 16.7 Å². The number of benzene rings is 3. The Labute approximate surface area is 226 Å². The minimum Gasteiger partial charge on any atom is -0.365 e. The smallest absolute Gasteiger partial charge is 0.269 e. The Morgan fingerprint density at radius 1 is 0.872 bits per heavy atom. The van der Waals surface area contributed by atoms with Crippen molar-refractivity contribution in [2.75, 3.05) is 20.1 Å². The predicted molar refractivity (Wildman–Crippen MR) is 151 cm³/mol. The number of hydrogen-bond donors (Lipinski definition) is 1. The zero-order chi connectivity index (χ0) is 27.9. The van der Waals surface area contributed by atoms with E-state index >= 15 is 0 Å². The largest absolute Gasteiger partial charge is 0.365 e. The number of carbonyl (C=O) groups is 1. The molecule has 0 aromatic heterocycles. The Bertz CT molecular complexity index is 1370. The summed E-state index contributed by atoms with van der Waals surface area (Å²) in [6, 6.07) is 22.0. The quantitative estimate of drug-likeness (QED) is 0.232. The van der Waals surface area contributed by atoms with E-state index < -0.39 is 9.85 Å². The van der Waals surface area contributed by atoms with Gasteiger partial charge in [0.25, 0.3) is 11.4 Å². The second-order valence-electron chi connectivity index (χ2n) is 9.24. The summed E-state index contributed by atoms with van der Waals surface area (Å²) < 4.78 is 0. The van der Waals surface area contributed by atoms with Gasteiger partial charge in [-0.3, -0.25) is 25.0 Å². The van der Waals surface area contributed by atoms with Crippen molar-refractivity contribution in [3.05, 3.63) is 139 Å². The topological polar surface area (TPSA) is 119 Å². The minimum atomic E-state index is -0.468. The van der Waals surface area contributed by atoms with Gasteiger partial charge in [-0.25, -0.2) is 0 Å². The molecular weight excluding hydrogens is 496 g/mol. The Balaban J connectivity index is 1.67. The lowest BCUT2D eigenvalue weighted by Gasteiger charge is -2.36. The van der Waals surface area contributed by atoms with E-state index in [1.54, 1.807) is 36.4 Å². The molecule has 0 radical (unpaired) electrons. The maximum absolute atomic E-state index is 13.6. The molecule has 198 valence electrons. The van der Waals surface area contributed by atoms with Crippen LogP contribution in [0.4, 0.5) is 11.4 Å². The molecule has 3 aromatic rings. The second-order valence-corrected chi connectivity index (χ2v) is 9.24. The van der Waals surface area contributed by atoms with E-state index in [-0.39, 0.29) is 23.2 Å². The van der Waals surface area contributed by atoms with Crippen LogP contribution in [-0.4, -0.2) is 46.7 Å². The summed E-state index contributed by atoms with van der Waals surface area (Å²) in [5.74, 6) is -0.153. The first-order valence-electron chi connectivity index (χ1n) is 12.3. The van der Waals surface area contributed by atoms with E-state index in [1.807, 2.05) is 30.1 Å². The van der Waals surface area contributed by atoms with Gasteiger partial charge in [-0.05, 0) is 66.6 Å². The first kappa shape index (κ1) is 27.2. The molecule has 0 unspecified atom stereocenters. The number of likely N-dealkylation sites (tertiary alicyclic amines) is 1. The van der Waals surface area contributed by atoms with Crippen LogP contribution in [0.25, 0.3) is 12.2 Å². The summed E-state index contributed by atoms with van der Waals surface area (Å²) in [5.41, 5.74) is 4.27. The number of Topliss-reactive ketones (excluding diaryl/α,β-unsaturated/α-hetero) is 1. The number of piperidine rings is 1. The first-order chi connectivity index (χ1) is 18.7. The number of nitrogens with one attached hydrogen (secondary N) is 1. The Kier molecular flexibility index (Phi) is 8.43. The maximum atomic E-state index is 13.6. The van der Waals surface area contributed by atoms with Gasteiger partial charge in [0.2, 0.25) is 0 Å². The van der Waals surface area contributed by atoms with Crippen molar-refractivity contribution < 1.29 is 14.6 Å². The first-order valence-corrected chi connectivity index (χ1v) is 12.3. The molecule has 4 rings (SSSR count). The zero-order valence-electron chi connectivity index (χ0n) is 21.4. The maximum Gasteiger partial charge on any atom is 0.269 e. The molecule has 1 N–H and O–H groups in total. The molecule has 1 fully saturated rings. The third kappa shape index (κ3) is 6.71.